The highest BCUT2D eigenvalue weighted by Gasteiger charge is 2.10. The summed E-state index contributed by atoms with van der Waals surface area (Å²) in [7, 11) is 0. The van der Waals surface area contributed by atoms with E-state index in [-0.39, 0.29) is 13.5 Å². The summed E-state index contributed by atoms with van der Waals surface area (Å²) >= 11 is 0. The third-order valence-electron chi connectivity index (χ3n) is 1.62. The van der Waals surface area contributed by atoms with Crippen molar-refractivity contribution in [2.24, 2.45) is 5.73 Å². The maximum absolute atomic E-state index is 10.4. The van der Waals surface area contributed by atoms with Crippen molar-refractivity contribution < 1.29 is 9.90 Å². The zero-order valence-electron chi connectivity index (χ0n) is 7.10. The van der Waals surface area contributed by atoms with Crippen molar-refractivity contribution in [3.05, 3.63) is 35.9 Å². The second-order valence-electron chi connectivity index (χ2n) is 2.63. The van der Waals surface area contributed by atoms with Crippen molar-refractivity contribution in [2.45, 2.75) is 12.5 Å². The lowest BCUT2D eigenvalue weighted by atomic mass is 10.1. The fraction of sp³-hybridized carbons (Fsp3) is 0.222. The van der Waals surface area contributed by atoms with Crippen molar-refractivity contribution in [2.75, 3.05) is 0 Å². The third-order valence-corrected chi connectivity index (χ3v) is 1.62. The molecule has 0 radical (unpaired) electrons. The summed E-state index contributed by atoms with van der Waals surface area (Å²) in [5.74, 6) is -0.959. The first-order valence-electron chi connectivity index (χ1n) is 3.72. The van der Waals surface area contributed by atoms with Crippen LogP contribution in [0.3, 0.4) is 0 Å². The lowest BCUT2D eigenvalue weighted by Crippen LogP contribution is -2.32. The molecule has 0 heterocycles. The molecule has 1 atom stereocenters. The molecule has 1 aromatic rings. The maximum Gasteiger partial charge on any atom is 0.320 e. The second-order valence-corrected chi connectivity index (χ2v) is 2.63. The van der Waals surface area contributed by atoms with Crippen LogP contribution in [-0.2, 0) is 11.2 Å². The largest absolute Gasteiger partial charge is 0.480 e. The van der Waals surface area contributed by atoms with Gasteiger partial charge in [0.15, 0.2) is 0 Å². The number of carboxylic acids is 1. The van der Waals surface area contributed by atoms with Gasteiger partial charge in [0.1, 0.15) is 6.04 Å². The second kappa shape index (κ2) is 5.61. The Labute approximate surface area is 84.0 Å². The van der Waals surface area contributed by atoms with Gasteiger partial charge in [0.2, 0.25) is 0 Å². The van der Waals surface area contributed by atoms with E-state index >= 15 is 0 Å². The molecule has 0 spiro atoms. The van der Waals surface area contributed by atoms with E-state index in [0.717, 1.165) is 5.56 Å². The molecule has 0 saturated carbocycles. The predicted molar refractivity (Wildman–Crippen MR) is 56.1 cm³/mol. The van der Waals surface area contributed by atoms with E-state index in [4.69, 9.17) is 10.8 Å². The lowest BCUT2D eigenvalue weighted by Gasteiger charge is -2.04. The normalized spacial score (nSPS) is 11.5. The monoisotopic (exact) mass is 199 g/mol. The first-order chi connectivity index (χ1) is 5.70. The van der Waals surface area contributed by atoms with Crippen LogP contribution in [0.1, 0.15) is 5.56 Å². The van der Waals surface area contributed by atoms with Gasteiger partial charge in [0, 0.05) is 0 Å². The quantitative estimate of drug-likeness (QED) is 0.755. The van der Waals surface area contributed by atoms with Crippen LogP contribution in [-0.4, -0.2) is 17.1 Å². The van der Waals surface area contributed by atoms with E-state index in [1.54, 1.807) is 0 Å². The predicted octanol–water partition coefficient (Wildman–Crippen LogP) is 0.754. The van der Waals surface area contributed by atoms with Crippen LogP contribution < -0.4 is 5.73 Å². The van der Waals surface area contributed by atoms with Gasteiger partial charge in [0.25, 0.3) is 0 Å². The van der Waals surface area contributed by atoms with Crippen molar-refractivity contribution in [3.8, 4) is 0 Å². The molecule has 0 saturated heterocycles. The molecular formula is C9H13NO2S. The molecule has 4 heteroatoms. The zero-order valence-corrected chi connectivity index (χ0v) is 8.10. The Kier molecular flexibility index (Phi) is 5.18. The van der Waals surface area contributed by atoms with Crippen LogP contribution in [0.25, 0.3) is 0 Å². The molecule has 0 aliphatic carbocycles. The van der Waals surface area contributed by atoms with Crippen LogP contribution in [0.2, 0.25) is 0 Å². The summed E-state index contributed by atoms with van der Waals surface area (Å²) in [4.78, 5) is 10.4. The fourth-order valence-electron chi connectivity index (χ4n) is 0.955. The van der Waals surface area contributed by atoms with Gasteiger partial charge in [-0.3, -0.25) is 4.79 Å². The smallest absolute Gasteiger partial charge is 0.320 e. The molecule has 0 bridgehead atoms. The fourth-order valence-corrected chi connectivity index (χ4v) is 0.955. The van der Waals surface area contributed by atoms with Crippen molar-refractivity contribution >= 4 is 19.5 Å². The summed E-state index contributed by atoms with van der Waals surface area (Å²) in [6, 6.07) is 8.54. The summed E-state index contributed by atoms with van der Waals surface area (Å²) in [5, 5.41) is 8.52. The molecule has 0 fully saturated rings. The molecule has 0 aliphatic rings. The third kappa shape index (κ3) is 3.96. The van der Waals surface area contributed by atoms with E-state index in [1.807, 2.05) is 30.3 Å². The van der Waals surface area contributed by atoms with E-state index in [9.17, 15) is 4.79 Å². The van der Waals surface area contributed by atoms with Gasteiger partial charge in [0.05, 0.1) is 0 Å². The van der Waals surface area contributed by atoms with Gasteiger partial charge in [-0.05, 0) is 12.0 Å². The molecule has 0 unspecified atom stereocenters. The van der Waals surface area contributed by atoms with Crippen LogP contribution in [0.4, 0.5) is 0 Å². The Morgan fingerprint density at radius 2 is 1.92 bits per heavy atom. The number of carbonyl (C=O) groups is 1. The van der Waals surface area contributed by atoms with Gasteiger partial charge in [-0.15, -0.1) is 0 Å². The molecule has 0 aliphatic heterocycles. The highest BCUT2D eigenvalue weighted by atomic mass is 32.1. The summed E-state index contributed by atoms with van der Waals surface area (Å²) in [6.07, 6.45) is 0.385. The Hall–Kier alpha value is -1.00. The maximum atomic E-state index is 10.4. The topological polar surface area (TPSA) is 63.3 Å². The molecular weight excluding hydrogens is 186 g/mol. The van der Waals surface area contributed by atoms with Gasteiger partial charge in [-0.25, -0.2) is 0 Å². The molecule has 1 rings (SSSR count). The van der Waals surface area contributed by atoms with Crippen LogP contribution in [0, 0.1) is 0 Å². The average Bonchev–Trinajstić information content (AvgIpc) is 2.06. The Bertz CT molecular complexity index is 264. The Balaban J connectivity index is 0.00000144. The van der Waals surface area contributed by atoms with Gasteiger partial charge in [-0.2, -0.15) is 13.5 Å². The molecule has 72 valence electrons. The number of benzene rings is 1. The number of rotatable bonds is 3. The number of hydrogen-bond donors (Lipinski definition) is 2. The minimum absolute atomic E-state index is 0. The summed E-state index contributed by atoms with van der Waals surface area (Å²) in [6.45, 7) is 0. The molecule has 3 N–H and O–H groups in total. The minimum Gasteiger partial charge on any atom is -0.480 e. The number of hydrogen-bond acceptors (Lipinski definition) is 2. The number of carboxylic acid groups (broad SMARTS) is 1. The molecule has 1 aromatic carbocycles. The van der Waals surface area contributed by atoms with Crippen molar-refractivity contribution in [1.29, 1.82) is 0 Å². The van der Waals surface area contributed by atoms with E-state index in [0.29, 0.717) is 6.42 Å². The number of aliphatic carboxylic acids is 1. The van der Waals surface area contributed by atoms with E-state index in [2.05, 4.69) is 0 Å². The highest BCUT2D eigenvalue weighted by molar-refractivity contribution is 7.59. The van der Waals surface area contributed by atoms with Gasteiger partial charge < -0.3 is 10.8 Å². The van der Waals surface area contributed by atoms with E-state index in [1.165, 1.54) is 0 Å². The Morgan fingerprint density at radius 3 is 2.38 bits per heavy atom. The van der Waals surface area contributed by atoms with Crippen molar-refractivity contribution in [1.82, 2.24) is 0 Å². The molecule has 13 heavy (non-hydrogen) atoms. The van der Waals surface area contributed by atoms with Crippen LogP contribution >= 0.6 is 13.5 Å². The highest BCUT2D eigenvalue weighted by Crippen LogP contribution is 2.01. The summed E-state index contributed by atoms with van der Waals surface area (Å²) < 4.78 is 0. The first kappa shape index (κ1) is 12.0. The molecule has 3 nitrogen and oxygen atoms in total. The number of nitrogens with two attached hydrogens (primary N) is 1. The summed E-state index contributed by atoms with van der Waals surface area (Å²) in [5.41, 5.74) is 6.30. The first-order valence-corrected chi connectivity index (χ1v) is 3.72. The average molecular weight is 199 g/mol. The van der Waals surface area contributed by atoms with Crippen molar-refractivity contribution in [3.63, 3.8) is 0 Å². The van der Waals surface area contributed by atoms with Gasteiger partial charge in [-0.1, -0.05) is 30.3 Å². The van der Waals surface area contributed by atoms with Crippen LogP contribution in [0.5, 0.6) is 0 Å². The Morgan fingerprint density at radius 1 is 1.38 bits per heavy atom. The lowest BCUT2D eigenvalue weighted by molar-refractivity contribution is -0.138. The standard InChI is InChI=1S/C9H11NO2.H2S/c10-8(9(11)12)6-7-4-2-1-3-5-7;/h1-5,8H,6,10H2,(H,11,12);1H2/t8-;/m0./s1. The zero-order chi connectivity index (χ0) is 8.97. The molecule has 0 aromatic heterocycles. The van der Waals surface area contributed by atoms with E-state index < -0.39 is 12.0 Å². The SMILES string of the molecule is N[C@@H](Cc1ccccc1)C(=O)O.S. The van der Waals surface area contributed by atoms with Crippen LogP contribution in [0.15, 0.2) is 30.3 Å². The molecule has 0 amide bonds. The van der Waals surface area contributed by atoms with Gasteiger partial charge >= 0.3 is 5.97 Å². The minimum atomic E-state index is -0.959.